The van der Waals surface area contributed by atoms with Gasteiger partial charge in [0, 0.05) is 41.3 Å². The Morgan fingerprint density at radius 2 is 0.706 bits per heavy atom. The van der Waals surface area contributed by atoms with E-state index in [1.807, 2.05) is 0 Å². The smallest absolute Gasteiger partial charge is 0.485 e. The van der Waals surface area contributed by atoms with Gasteiger partial charge in [-0.15, -0.1) is 0 Å². The van der Waals surface area contributed by atoms with E-state index < -0.39 is 31.3 Å². The molecule has 0 aliphatic carbocycles. The molecule has 0 bridgehead atoms. The van der Waals surface area contributed by atoms with Gasteiger partial charge in [0.2, 0.25) is 0 Å². The molecule has 0 saturated heterocycles. The topological polar surface area (TPSA) is 114 Å². The molecule has 0 saturated carbocycles. The van der Waals surface area contributed by atoms with Crippen molar-refractivity contribution in [3.63, 3.8) is 0 Å². The summed E-state index contributed by atoms with van der Waals surface area (Å²) in [6.07, 6.45) is 0. The Bertz CT molecular complexity index is 374. The Hall–Kier alpha value is 0.764. The molecule has 0 aromatic heterocycles. The Morgan fingerprint density at radius 1 is 0.647 bits per heavy atom. The van der Waals surface area contributed by atoms with Crippen LogP contribution in [0.25, 0.3) is 0 Å². The van der Waals surface area contributed by atoms with E-state index in [9.17, 15) is 26.3 Å². The fourth-order valence-electron chi connectivity index (χ4n) is 0. The third-order valence-corrected chi connectivity index (χ3v) is 1.70. The first-order valence-corrected chi connectivity index (χ1v) is 5.36. The van der Waals surface area contributed by atoms with Gasteiger partial charge < -0.3 is 9.11 Å². The number of alkyl halides is 6. The summed E-state index contributed by atoms with van der Waals surface area (Å²) in [5.41, 5.74) is -11.3. The Balaban J connectivity index is -0.000000218. The van der Waals surface area contributed by atoms with Crippen LogP contribution in [-0.4, -0.2) is 37.0 Å². The second-order valence-electron chi connectivity index (χ2n) is 1.80. The molecule has 0 unspecified atom stereocenters. The summed E-state index contributed by atoms with van der Waals surface area (Å²) in [7, 11) is -12.2. The first-order valence-electron chi connectivity index (χ1n) is 2.54. The standard InChI is InChI=1S/2CHF3O3S.Pr/c2*2-1(3,4)8(5,6)7;/h2*(H,5,6,7);/p-2. The van der Waals surface area contributed by atoms with Crippen LogP contribution in [0.5, 0.6) is 0 Å². The number of rotatable bonds is 0. The van der Waals surface area contributed by atoms with E-state index in [2.05, 4.69) is 0 Å². The van der Waals surface area contributed by atoms with Crippen molar-refractivity contribution >= 4 is 20.2 Å². The summed E-state index contributed by atoms with van der Waals surface area (Å²) in [4.78, 5) is 0. The van der Waals surface area contributed by atoms with Crippen LogP contribution in [-0.2, 0) is 20.2 Å². The van der Waals surface area contributed by atoms with Gasteiger partial charge in [0.05, 0.1) is 0 Å². The van der Waals surface area contributed by atoms with Crippen LogP contribution in [0.15, 0.2) is 0 Å². The molecule has 0 amide bonds. The van der Waals surface area contributed by atoms with Gasteiger partial charge in [-0.3, -0.25) is 0 Å². The summed E-state index contributed by atoms with van der Waals surface area (Å²) in [6.45, 7) is 0. The van der Waals surface area contributed by atoms with E-state index in [0.717, 1.165) is 0 Å². The molecule has 15 heteroatoms. The minimum absolute atomic E-state index is 0. The molecule has 0 aromatic carbocycles. The van der Waals surface area contributed by atoms with Crippen molar-refractivity contribution < 1.29 is 93.6 Å². The second kappa shape index (κ2) is 6.79. The SMILES string of the molecule is O=S(=O)([O-])C(F)(F)F.O=S(=O)([O-])C(F)(F)F.[Pr]. The zero-order chi connectivity index (χ0) is 14.0. The fraction of sp³-hybridized carbons (Fsp3) is 1.00. The van der Waals surface area contributed by atoms with Crippen LogP contribution in [0.1, 0.15) is 0 Å². The summed E-state index contributed by atoms with van der Waals surface area (Å²) in [5, 5.41) is 0. The molecule has 0 fully saturated rings. The number of halogens is 6. The predicted octanol–water partition coefficient (Wildman–Crippen LogP) is 0.103. The normalized spacial score (nSPS) is 13.2. The molecule has 1 radical (unpaired) electrons. The van der Waals surface area contributed by atoms with Crippen molar-refractivity contribution in [2.75, 3.05) is 0 Å². The largest absolute Gasteiger partial charge is 0.741 e. The maximum absolute atomic E-state index is 10.7. The molecule has 0 atom stereocenters. The minimum atomic E-state index is -6.09. The average molecular weight is 439 g/mol. The van der Waals surface area contributed by atoms with Gasteiger partial charge in [0.1, 0.15) is 0 Å². The molecular weight excluding hydrogens is 439 g/mol. The second-order valence-corrected chi connectivity index (χ2v) is 4.54. The van der Waals surface area contributed by atoms with Crippen molar-refractivity contribution in [3.8, 4) is 0 Å². The summed E-state index contributed by atoms with van der Waals surface area (Å²) < 4.78 is 118. The van der Waals surface area contributed by atoms with Gasteiger partial charge in [-0.25, -0.2) is 16.8 Å². The molecule has 0 rings (SSSR count). The number of hydrogen-bond acceptors (Lipinski definition) is 6. The van der Waals surface area contributed by atoms with Crippen LogP contribution in [0.3, 0.4) is 0 Å². The van der Waals surface area contributed by atoms with Gasteiger partial charge in [-0.1, -0.05) is 0 Å². The van der Waals surface area contributed by atoms with Gasteiger partial charge in [-0.05, 0) is 0 Å². The van der Waals surface area contributed by atoms with E-state index in [4.69, 9.17) is 25.9 Å². The van der Waals surface area contributed by atoms with Crippen molar-refractivity contribution in [2.24, 2.45) is 0 Å². The van der Waals surface area contributed by atoms with Crippen LogP contribution < -0.4 is 0 Å². The van der Waals surface area contributed by atoms with Crippen molar-refractivity contribution in [1.82, 2.24) is 0 Å². The zero-order valence-electron chi connectivity index (χ0n) is 7.11. The monoisotopic (exact) mass is 439 g/mol. The molecule has 0 aliphatic rings. The van der Waals surface area contributed by atoms with E-state index in [1.54, 1.807) is 0 Å². The molecular formula is C2F6O6PrS2-2. The summed E-state index contributed by atoms with van der Waals surface area (Å²) >= 11 is 0. The molecule has 0 heterocycles. The first kappa shape index (κ1) is 22.9. The van der Waals surface area contributed by atoms with Gasteiger partial charge >= 0.3 is 11.0 Å². The predicted molar refractivity (Wildman–Crippen MR) is 31.5 cm³/mol. The van der Waals surface area contributed by atoms with Crippen LogP contribution in [0, 0.1) is 41.3 Å². The van der Waals surface area contributed by atoms with Gasteiger partial charge in [0.15, 0.2) is 20.2 Å². The molecule has 0 N–H and O–H groups in total. The molecule has 17 heavy (non-hydrogen) atoms. The Kier molecular flexibility index (Phi) is 9.15. The van der Waals surface area contributed by atoms with E-state index in [1.165, 1.54) is 0 Å². The molecule has 0 aromatic rings. The van der Waals surface area contributed by atoms with E-state index in [0.29, 0.717) is 0 Å². The summed E-state index contributed by atoms with van der Waals surface area (Å²) in [6, 6.07) is 0. The average Bonchev–Trinajstić information content (AvgIpc) is 1.77. The molecule has 103 valence electrons. The molecule has 0 aliphatic heterocycles. The van der Waals surface area contributed by atoms with Crippen LogP contribution in [0.4, 0.5) is 26.3 Å². The van der Waals surface area contributed by atoms with Crippen molar-refractivity contribution in [3.05, 3.63) is 0 Å². The fourth-order valence-corrected chi connectivity index (χ4v) is 0. The van der Waals surface area contributed by atoms with E-state index in [-0.39, 0.29) is 41.3 Å². The number of hydrogen-bond donors (Lipinski definition) is 0. The Labute approximate surface area is 124 Å². The van der Waals surface area contributed by atoms with Crippen LogP contribution in [0.2, 0.25) is 0 Å². The zero-order valence-corrected chi connectivity index (χ0v) is 12.4. The van der Waals surface area contributed by atoms with Gasteiger partial charge in [0.25, 0.3) is 0 Å². The third-order valence-electron chi connectivity index (χ3n) is 0.567. The molecule has 6 nitrogen and oxygen atoms in total. The Morgan fingerprint density at radius 3 is 0.706 bits per heavy atom. The van der Waals surface area contributed by atoms with E-state index >= 15 is 0 Å². The summed E-state index contributed by atoms with van der Waals surface area (Å²) in [5.74, 6) is 0. The van der Waals surface area contributed by atoms with Gasteiger partial charge in [-0.2, -0.15) is 26.3 Å². The minimum Gasteiger partial charge on any atom is -0.741 e. The first-order chi connectivity index (χ1) is 6.50. The maximum Gasteiger partial charge on any atom is 0.485 e. The van der Waals surface area contributed by atoms with Crippen molar-refractivity contribution in [1.29, 1.82) is 0 Å². The third kappa shape index (κ3) is 10.4. The quantitative estimate of drug-likeness (QED) is 0.301. The molecule has 0 spiro atoms. The maximum atomic E-state index is 10.7. The van der Waals surface area contributed by atoms with Crippen molar-refractivity contribution in [2.45, 2.75) is 11.0 Å². The van der Waals surface area contributed by atoms with Crippen LogP contribution >= 0.6 is 0 Å².